The van der Waals surface area contributed by atoms with Gasteiger partial charge in [-0.2, -0.15) is 4.31 Å². The van der Waals surface area contributed by atoms with E-state index in [9.17, 15) is 13.2 Å². The molecule has 0 radical (unpaired) electrons. The zero-order valence-electron chi connectivity index (χ0n) is 18.8. The van der Waals surface area contributed by atoms with Gasteiger partial charge in [0.25, 0.3) is 0 Å². The van der Waals surface area contributed by atoms with Crippen LogP contribution in [0.15, 0.2) is 34.7 Å². The lowest BCUT2D eigenvalue weighted by molar-refractivity contribution is -0.126. The molecule has 1 aromatic heterocycles. The molecule has 1 aromatic carbocycles. The Morgan fingerprint density at radius 2 is 2.12 bits per heavy atom. The monoisotopic (exact) mass is 459 g/mol. The fraction of sp³-hybridized carbons (Fsp3) is 0.609. The lowest BCUT2D eigenvalue weighted by atomic mass is 9.96. The maximum Gasteiger partial charge on any atom is 0.243 e. The van der Waals surface area contributed by atoms with Gasteiger partial charge in [0.2, 0.25) is 15.9 Å². The third-order valence-electron chi connectivity index (χ3n) is 6.44. The summed E-state index contributed by atoms with van der Waals surface area (Å²) in [5.41, 5.74) is 2.83. The van der Waals surface area contributed by atoms with Crippen molar-refractivity contribution in [3.05, 3.63) is 29.8 Å². The average Bonchev–Trinajstić information content (AvgIpc) is 3.22. The minimum atomic E-state index is -3.69. The van der Waals surface area contributed by atoms with E-state index in [1.165, 1.54) is 22.7 Å². The van der Waals surface area contributed by atoms with Crippen LogP contribution in [0.4, 0.5) is 0 Å². The maximum atomic E-state index is 13.3. The molecule has 0 unspecified atom stereocenters. The lowest BCUT2D eigenvalue weighted by Gasteiger charge is -2.31. The zero-order valence-corrected chi connectivity index (χ0v) is 19.6. The molecule has 0 bridgehead atoms. The predicted octanol–water partition coefficient (Wildman–Crippen LogP) is 3.25. The molecule has 1 fully saturated rings. The number of carbonyl (C=O) groups is 1. The number of amides is 1. The molecule has 1 N–H and O–H groups in total. The van der Waals surface area contributed by atoms with Crippen molar-refractivity contribution in [2.24, 2.45) is 5.92 Å². The Kier molecular flexibility index (Phi) is 7.25. The van der Waals surface area contributed by atoms with Crippen molar-refractivity contribution >= 4 is 27.0 Å². The van der Waals surface area contributed by atoms with E-state index < -0.39 is 10.0 Å². The third-order valence-corrected chi connectivity index (χ3v) is 8.30. The van der Waals surface area contributed by atoms with Gasteiger partial charge in [0.05, 0.1) is 16.3 Å². The van der Waals surface area contributed by atoms with Crippen molar-refractivity contribution in [1.29, 1.82) is 0 Å². The highest BCUT2D eigenvalue weighted by Gasteiger charge is 2.33. The first-order valence-corrected chi connectivity index (χ1v) is 13.2. The summed E-state index contributed by atoms with van der Waals surface area (Å²) in [6.07, 6.45) is 10.3. The summed E-state index contributed by atoms with van der Waals surface area (Å²) in [7, 11) is -3.69. The third kappa shape index (κ3) is 5.04. The Bertz CT molecular complexity index is 1090. The van der Waals surface area contributed by atoms with Gasteiger partial charge in [0, 0.05) is 26.2 Å². The van der Waals surface area contributed by atoms with Crippen LogP contribution >= 0.6 is 0 Å². The summed E-state index contributed by atoms with van der Waals surface area (Å²) in [5.74, 6) is -0.354. The molecule has 0 spiro atoms. The number of fused-ring (bicyclic) bond motifs is 1. The van der Waals surface area contributed by atoms with Crippen LogP contribution in [0.3, 0.4) is 0 Å². The number of nitrogens with zero attached hydrogens (tertiary/aromatic N) is 4. The van der Waals surface area contributed by atoms with Crippen LogP contribution < -0.4 is 5.32 Å². The molecule has 0 saturated carbocycles. The highest BCUT2D eigenvalue weighted by atomic mass is 32.2. The second kappa shape index (κ2) is 10.1. The number of hydrogen-bond donors (Lipinski definition) is 1. The van der Waals surface area contributed by atoms with E-state index >= 15 is 0 Å². The molecule has 1 aliphatic heterocycles. The van der Waals surface area contributed by atoms with Crippen LogP contribution in [0.2, 0.25) is 0 Å². The summed E-state index contributed by atoms with van der Waals surface area (Å²) in [5, 5.41) is 11.3. The highest BCUT2D eigenvalue weighted by molar-refractivity contribution is 7.89. The van der Waals surface area contributed by atoms with Crippen molar-refractivity contribution in [3.8, 4) is 0 Å². The van der Waals surface area contributed by atoms with Crippen LogP contribution in [-0.2, 0) is 21.4 Å². The molecular weight excluding hydrogens is 426 g/mol. The van der Waals surface area contributed by atoms with Crippen LogP contribution in [0.25, 0.3) is 11.0 Å². The van der Waals surface area contributed by atoms with E-state index in [-0.39, 0.29) is 23.3 Å². The Morgan fingerprint density at radius 1 is 1.25 bits per heavy atom. The van der Waals surface area contributed by atoms with Gasteiger partial charge >= 0.3 is 0 Å². The van der Waals surface area contributed by atoms with Gasteiger partial charge in [-0.25, -0.2) is 13.1 Å². The Morgan fingerprint density at radius 3 is 2.91 bits per heavy atom. The number of rotatable bonds is 8. The minimum Gasteiger partial charge on any atom is -0.356 e. The topological polar surface area (TPSA) is 97.2 Å². The summed E-state index contributed by atoms with van der Waals surface area (Å²) in [4.78, 5) is 12.9. The van der Waals surface area contributed by atoms with Gasteiger partial charge in [-0.05, 0) is 69.6 Å². The normalized spacial score (nSPS) is 20.3. The smallest absolute Gasteiger partial charge is 0.243 e. The van der Waals surface area contributed by atoms with Crippen molar-refractivity contribution in [3.63, 3.8) is 0 Å². The highest BCUT2D eigenvalue weighted by Crippen LogP contribution is 2.26. The van der Waals surface area contributed by atoms with E-state index in [1.807, 2.05) is 0 Å². The first-order valence-electron chi connectivity index (χ1n) is 11.8. The number of hydrogen-bond acceptors (Lipinski definition) is 5. The summed E-state index contributed by atoms with van der Waals surface area (Å²) in [6, 6.07) is 4.98. The van der Waals surface area contributed by atoms with E-state index in [0.29, 0.717) is 31.4 Å². The number of benzene rings is 1. The molecule has 9 heteroatoms. The average molecular weight is 460 g/mol. The maximum absolute atomic E-state index is 13.3. The fourth-order valence-corrected chi connectivity index (χ4v) is 6.18. The van der Waals surface area contributed by atoms with E-state index in [4.69, 9.17) is 0 Å². The van der Waals surface area contributed by atoms with E-state index in [0.717, 1.165) is 37.7 Å². The number of piperidine rings is 1. The summed E-state index contributed by atoms with van der Waals surface area (Å²) < 4.78 is 29.8. The zero-order chi connectivity index (χ0) is 22.6. The SMILES string of the molecule is CCCn1nnc2cc(S(=O)(=O)N3CCC[C@H](C(=O)NCCC4=CCCCC4)C3)ccc21. The number of carbonyl (C=O) groups excluding carboxylic acids is 1. The molecule has 1 aliphatic carbocycles. The predicted molar refractivity (Wildman–Crippen MR) is 123 cm³/mol. The molecule has 32 heavy (non-hydrogen) atoms. The van der Waals surface area contributed by atoms with Gasteiger partial charge in [-0.1, -0.05) is 23.8 Å². The second-order valence-electron chi connectivity index (χ2n) is 8.81. The summed E-state index contributed by atoms with van der Waals surface area (Å²) in [6.45, 7) is 4.07. The van der Waals surface area contributed by atoms with Crippen molar-refractivity contribution in [2.75, 3.05) is 19.6 Å². The number of sulfonamides is 1. The quantitative estimate of drug-likeness (QED) is 0.611. The van der Waals surface area contributed by atoms with Gasteiger partial charge < -0.3 is 5.32 Å². The Labute approximate surface area is 190 Å². The fourth-order valence-electron chi connectivity index (χ4n) is 4.64. The van der Waals surface area contributed by atoms with Gasteiger partial charge in [0.1, 0.15) is 5.52 Å². The van der Waals surface area contributed by atoms with Crippen LogP contribution in [0.1, 0.15) is 58.3 Å². The Balaban J connectivity index is 1.39. The molecule has 2 aromatic rings. The number of allylic oxidation sites excluding steroid dienone is 1. The number of nitrogens with one attached hydrogen (secondary N) is 1. The van der Waals surface area contributed by atoms with Crippen molar-refractivity contribution < 1.29 is 13.2 Å². The van der Waals surface area contributed by atoms with Gasteiger partial charge in [-0.3, -0.25) is 4.79 Å². The largest absolute Gasteiger partial charge is 0.356 e. The molecule has 1 saturated heterocycles. The van der Waals surface area contributed by atoms with E-state index in [1.54, 1.807) is 22.9 Å². The minimum absolute atomic E-state index is 0.0423. The first kappa shape index (κ1) is 22.9. The molecule has 8 nitrogen and oxygen atoms in total. The van der Waals surface area contributed by atoms with Crippen molar-refractivity contribution in [2.45, 2.75) is 69.7 Å². The standard InChI is InChI=1S/C23H33N5O3S/c1-2-14-28-22-11-10-20(16-21(22)25-26-28)32(30,31)27-15-6-9-19(17-27)23(29)24-13-12-18-7-4-3-5-8-18/h7,10-11,16,19H,2-6,8-9,12-15,17H2,1H3,(H,24,29)/t19-/m0/s1. The molecule has 174 valence electrons. The Hall–Kier alpha value is -2.26. The molecule has 2 heterocycles. The van der Waals surface area contributed by atoms with E-state index in [2.05, 4.69) is 28.6 Å². The first-order chi connectivity index (χ1) is 15.5. The number of aromatic nitrogens is 3. The van der Waals surface area contributed by atoms with Crippen LogP contribution in [-0.4, -0.2) is 53.3 Å². The summed E-state index contributed by atoms with van der Waals surface area (Å²) >= 11 is 0. The number of aryl methyl sites for hydroxylation is 1. The molecule has 1 amide bonds. The molecular formula is C23H33N5O3S. The lowest BCUT2D eigenvalue weighted by Crippen LogP contribution is -2.45. The molecule has 1 atom stereocenters. The van der Waals surface area contributed by atoms with Gasteiger partial charge in [0.15, 0.2) is 0 Å². The molecule has 4 rings (SSSR count). The van der Waals surface area contributed by atoms with Crippen molar-refractivity contribution in [1.82, 2.24) is 24.6 Å². The molecule has 2 aliphatic rings. The van der Waals surface area contributed by atoms with Crippen LogP contribution in [0, 0.1) is 5.92 Å². The second-order valence-corrected chi connectivity index (χ2v) is 10.8. The van der Waals surface area contributed by atoms with Gasteiger partial charge in [-0.15, -0.1) is 5.10 Å². The van der Waals surface area contributed by atoms with Crippen LogP contribution in [0.5, 0.6) is 0 Å².